The molecule has 1 saturated heterocycles. The molecule has 1 heterocycles. The highest BCUT2D eigenvalue weighted by atomic mass is 16.5. The molecule has 1 atom stereocenters. The van der Waals surface area contributed by atoms with Crippen molar-refractivity contribution in [3.63, 3.8) is 0 Å². The summed E-state index contributed by atoms with van der Waals surface area (Å²) in [5, 5.41) is 9.39. The van der Waals surface area contributed by atoms with Crippen LogP contribution >= 0.6 is 0 Å². The van der Waals surface area contributed by atoms with Crippen molar-refractivity contribution in [3.05, 3.63) is 29.8 Å². The Balaban J connectivity index is 2.10. The fraction of sp³-hybridized carbons (Fsp3) is 0.533. The van der Waals surface area contributed by atoms with Gasteiger partial charge in [0.25, 0.3) is 0 Å². The largest absolute Gasteiger partial charge is 0.466 e. The van der Waals surface area contributed by atoms with Gasteiger partial charge in [-0.1, -0.05) is 18.2 Å². The minimum atomic E-state index is -0.103. The number of piperidine rings is 1. The standard InChI is InChI=1S/C15H21NO3/c1-2-19-15(18)12-7-5-9-16(10-12)14-8-4-3-6-13(14)11-17/h3-4,6,8,12,17H,2,5,7,9-11H2,1H3/t12-/m1/s1. The van der Waals surface area contributed by atoms with E-state index in [9.17, 15) is 9.90 Å². The fourth-order valence-electron chi connectivity index (χ4n) is 2.60. The Hall–Kier alpha value is -1.55. The highest BCUT2D eigenvalue weighted by molar-refractivity contribution is 5.73. The molecule has 1 aliphatic heterocycles. The van der Waals surface area contributed by atoms with Crippen molar-refractivity contribution in [2.24, 2.45) is 5.92 Å². The van der Waals surface area contributed by atoms with Crippen molar-refractivity contribution < 1.29 is 14.6 Å². The van der Waals surface area contributed by atoms with Crippen LogP contribution in [0.25, 0.3) is 0 Å². The third kappa shape index (κ3) is 3.26. The normalized spacial score (nSPS) is 19.3. The van der Waals surface area contributed by atoms with E-state index in [-0.39, 0.29) is 18.5 Å². The zero-order valence-electron chi connectivity index (χ0n) is 11.3. The number of rotatable bonds is 4. The quantitative estimate of drug-likeness (QED) is 0.844. The van der Waals surface area contributed by atoms with Gasteiger partial charge in [-0.2, -0.15) is 0 Å². The van der Waals surface area contributed by atoms with Crippen LogP contribution in [0.3, 0.4) is 0 Å². The molecule has 0 radical (unpaired) electrons. The second-order valence-electron chi connectivity index (χ2n) is 4.82. The minimum Gasteiger partial charge on any atom is -0.466 e. The average molecular weight is 263 g/mol. The number of carbonyl (C=O) groups is 1. The Kier molecular flexibility index (Phi) is 4.80. The summed E-state index contributed by atoms with van der Waals surface area (Å²) in [6.45, 7) is 3.89. The molecule has 0 amide bonds. The fourth-order valence-corrected chi connectivity index (χ4v) is 2.60. The Labute approximate surface area is 114 Å². The predicted octanol–water partition coefficient (Wildman–Crippen LogP) is 1.96. The van der Waals surface area contributed by atoms with E-state index < -0.39 is 0 Å². The van der Waals surface area contributed by atoms with Crippen molar-refractivity contribution in [2.75, 3.05) is 24.6 Å². The van der Waals surface area contributed by atoms with E-state index in [0.29, 0.717) is 13.2 Å². The highest BCUT2D eigenvalue weighted by Gasteiger charge is 2.27. The van der Waals surface area contributed by atoms with E-state index in [2.05, 4.69) is 4.90 Å². The molecular formula is C15H21NO3. The van der Waals surface area contributed by atoms with Gasteiger partial charge in [-0.05, 0) is 25.8 Å². The number of esters is 1. The van der Waals surface area contributed by atoms with Crippen LogP contribution in [0.4, 0.5) is 5.69 Å². The number of ether oxygens (including phenoxy) is 1. The monoisotopic (exact) mass is 263 g/mol. The Morgan fingerprint density at radius 3 is 3.00 bits per heavy atom. The molecule has 1 fully saturated rings. The van der Waals surface area contributed by atoms with Gasteiger partial charge in [0.05, 0.1) is 19.1 Å². The molecule has 4 nitrogen and oxygen atoms in total. The van der Waals surface area contributed by atoms with Crippen LogP contribution in [0.1, 0.15) is 25.3 Å². The highest BCUT2D eigenvalue weighted by Crippen LogP contribution is 2.27. The van der Waals surface area contributed by atoms with Gasteiger partial charge in [0, 0.05) is 24.3 Å². The van der Waals surface area contributed by atoms with Crippen molar-refractivity contribution in [1.29, 1.82) is 0 Å². The van der Waals surface area contributed by atoms with Gasteiger partial charge in [0.2, 0.25) is 0 Å². The number of aliphatic hydroxyl groups is 1. The van der Waals surface area contributed by atoms with Gasteiger partial charge < -0.3 is 14.7 Å². The van der Waals surface area contributed by atoms with Crippen molar-refractivity contribution in [1.82, 2.24) is 0 Å². The van der Waals surface area contributed by atoms with Crippen LogP contribution in [-0.4, -0.2) is 30.8 Å². The number of aliphatic hydroxyl groups excluding tert-OH is 1. The summed E-state index contributed by atoms with van der Waals surface area (Å²) in [5.41, 5.74) is 1.94. The summed E-state index contributed by atoms with van der Waals surface area (Å²) in [7, 11) is 0. The van der Waals surface area contributed by atoms with Crippen LogP contribution in [0, 0.1) is 5.92 Å². The van der Waals surface area contributed by atoms with E-state index in [0.717, 1.165) is 30.6 Å². The molecule has 0 bridgehead atoms. The number of benzene rings is 1. The maximum Gasteiger partial charge on any atom is 0.310 e. The van der Waals surface area contributed by atoms with Gasteiger partial charge in [-0.25, -0.2) is 0 Å². The van der Waals surface area contributed by atoms with Crippen LogP contribution in [-0.2, 0) is 16.1 Å². The lowest BCUT2D eigenvalue weighted by Crippen LogP contribution is -2.39. The zero-order valence-corrected chi connectivity index (χ0v) is 11.3. The van der Waals surface area contributed by atoms with Crippen LogP contribution in [0.15, 0.2) is 24.3 Å². The van der Waals surface area contributed by atoms with Gasteiger partial charge in [0.1, 0.15) is 0 Å². The predicted molar refractivity (Wildman–Crippen MR) is 73.9 cm³/mol. The Bertz CT molecular complexity index is 433. The Morgan fingerprint density at radius 2 is 2.26 bits per heavy atom. The lowest BCUT2D eigenvalue weighted by Gasteiger charge is -2.34. The van der Waals surface area contributed by atoms with E-state index in [1.165, 1.54) is 0 Å². The van der Waals surface area contributed by atoms with Gasteiger partial charge in [0.15, 0.2) is 0 Å². The molecule has 19 heavy (non-hydrogen) atoms. The van der Waals surface area contributed by atoms with E-state index >= 15 is 0 Å². The number of hydrogen-bond donors (Lipinski definition) is 1. The molecule has 1 aromatic carbocycles. The minimum absolute atomic E-state index is 0.0246. The van der Waals surface area contributed by atoms with Crippen molar-refractivity contribution in [2.45, 2.75) is 26.4 Å². The topological polar surface area (TPSA) is 49.8 Å². The van der Waals surface area contributed by atoms with Crippen LogP contribution < -0.4 is 4.90 Å². The molecule has 1 N–H and O–H groups in total. The average Bonchev–Trinajstić information content (AvgIpc) is 2.47. The summed E-state index contributed by atoms with van der Waals surface area (Å²) in [4.78, 5) is 14.0. The van der Waals surface area contributed by atoms with E-state index in [4.69, 9.17) is 4.74 Å². The Morgan fingerprint density at radius 1 is 1.47 bits per heavy atom. The molecule has 2 rings (SSSR count). The van der Waals surface area contributed by atoms with Crippen molar-refractivity contribution >= 4 is 11.7 Å². The summed E-state index contributed by atoms with van der Waals surface area (Å²) in [6.07, 6.45) is 1.86. The second kappa shape index (κ2) is 6.57. The third-order valence-corrected chi connectivity index (χ3v) is 3.54. The second-order valence-corrected chi connectivity index (χ2v) is 4.82. The maximum atomic E-state index is 11.8. The number of carbonyl (C=O) groups excluding carboxylic acids is 1. The molecule has 1 aliphatic rings. The SMILES string of the molecule is CCOC(=O)[C@@H]1CCCN(c2ccccc2CO)C1. The van der Waals surface area contributed by atoms with E-state index in [1.807, 2.05) is 31.2 Å². The molecule has 0 aromatic heterocycles. The van der Waals surface area contributed by atoms with Gasteiger partial charge in [-0.15, -0.1) is 0 Å². The third-order valence-electron chi connectivity index (χ3n) is 3.54. The number of nitrogens with zero attached hydrogens (tertiary/aromatic N) is 1. The lowest BCUT2D eigenvalue weighted by molar-refractivity contribution is -0.148. The van der Waals surface area contributed by atoms with Gasteiger partial charge in [-0.3, -0.25) is 4.79 Å². The maximum absolute atomic E-state index is 11.8. The molecular weight excluding hydrogens is 242 g/mol. The van der Waals surface area contributed by atoms with Gasteiger partial charge >= 0.3 is 5.97 Å². The molecule has 1 aromatic rings. The number of anilines is 1. The van der Waals surface area contributed by atoms with Crippen LogP contribution in [0.5, 0.6) is 0 Å². The summed E-state index contributed by atoms with van der Waals surface area (Å²) in [6, 6.07) is 7.80. The molecule has 4 heteroatoms. The summed E-state index contributed by atoms with van der Waals surface area (Å²) >= 11 is 0. The first-order valence-corrected chi connectivity index (χ1v) is 6.86. The molecule has 0 spiro atoms. The first-order chi connectivity index (χ1) is 9.26. The molecule has 0 saturated carbocycles. The number of hydrogen-bond acceptors (Lipinski definition) is 4. The van der Waals surface area contributed by atoms with E-state index in [1.54, 1.807) is 0 Å². The number of para-hydroxylation sites is 1. The smallest absolute Gasteiger partial charge is 0.310 e. The lowest BCUT2D eigenvalue weighted by atomic mass is 9.97. The zero-order chi connectivity index (χ0) is 13.7. The van der Waals surface area contributed by atoms with Crippen LogP contribution in [0.2, 0.25) is 0 Å². The summed E-state index contributed by atoms with van der Waals surface area (Å²) < 4.78 is 5.11. The molecule has 0 aliphatic carbocycles. The van der Waals surface area contributed by atoms with Crippen molar-refractivity contribution in [3.8, 4) is 0 Å². The molecule has 104 valence electrons. The molecule has 0 unspecified atom stereocenters. The first kappa shape index (κ1) is 13.9. The first-order valence-electron chi connectivity index (χ1n) is 6.86. The summed E-state index contributed by atoms with van der Waals surface area (Å²) in [5.74, 6) is -0.158.